The van der Waals surface area contributed by atoms with Gasteiger partial charge in [0.05, 0.1) is 17.9 Å². The number of nitrogens with zero attached hydrogens (tertiary/aromatic N) is 5. The molecule has 2 saturated heterocycles. The summed E-state index contributed by atoms with van der Waals surface area (Å²) in [5.74, 6) is 2.66. The van der Waals surface area contributed by atoms with Gasteiger partial charge in [-0.05, 0) is 19.8 Å². The lowest BCUT2D eigenvalue weighted by Gasteiger charge is -2.31. The second kappa shape index (κ2) is 8.67. The molecule has 0 N–H and O–H groups in total. The molecule has 1 amide bonds. The average Bonchev–Trinajstić information content (AvgIpc) is 3.09. The first-order valence-electron chi connectivity index (χ1n) is 8.86. The SMILES string of the molecule is C/C=C/CC(=O)N1CCC(n2cc(CN3CCSCC3)nn2)CC1. The Kier molecular flexibility index (Phi) is 6.31. The van der Waals surface area contributed by atoms with Gasteiger partial charge in [0.2, 0.25) is 5.91 Å². The van der Waals surface area contributed by atoms with Gasteiger partial charge < -0.3 is 4.90 Å². The Morgan fingerprint density at radius 1 is 1.29 bits per heavy atom. The summed E-state index contributed by atoms with van der Waals surface area (Å²) in [5.41, 5.74) is 1.06. The van der Waals surface area contributed by atoms with E-state index in [0.717, 1.165) is 51.3 Å². The molecule has 0 spiro atoms. The van der Waals surface area contributed by atoms with Crippen molar-refractivity contribution < 1.29 is 4.79 Å². The lowest BCUT2D eigenvalue weighted by molar-refractivity contribution is -0.131. The quantitative estimate of drug-likeness (QED) is 0.761. The number of thioether (sulfide) groups is 1. The predicted octanol–water partition coefficient (Wildman–Crippen LogP) is 1.96. The summed E-state index contributed by atoms with van der Waals surface area (Å²) < 4.78 is 2.02. The number of likely N-dealkylation sites (tertiary alicyclic amines) is 1. The Morgan fingerprint density at radius 3 is 2.75 bits per heavy atom. The van der Waals surface area contributed by atoms with Crippen LogP contribution >= 0.6 is 11.8 Å². The number of carbonyl (C=O) groups is 1. The van der Waals surface area contributed by atoms with Crippen molar-refractivity contribution in [3.63, 3.8) is 0 Å². The Hall–Kier alpha value is -1.34. The van der Waals surface area contributed by atoms with Crippen molar-refractivity contribution in [2.75, 3.05) is 37.7 Å². The maximum atomic E-state index is 12.1. The topological polar surface area (TPSA) is 54.3 Å². The van der Waals surface area contributed by atoms with Crippen molar-refractivity contribution in [3.8, 4) is 0 Å². The van der Waals surface area contributed by atoms with Crippen LogP contribution in [-0.2, 0) is 11.3 Å². The van der Waals surface area contributed by atoms with E-state index in [1.807, 2.05) is 40.4 Å². The fourth-order valence-electron chi connectivity index (χ4n) is 3.28. The molecule has 2 aliphatic heterocycles. The van der Waals surface area contributed by atoms with Gasteiger partial charge >= 0.3 is 0 Å². The highest BCUT2D eigenvalue weighted by atomic mass is 32.2. The van der Waals surface area contributed by atoms with Crippen LogP contribution in [0.5, 0.6) is 0 Å². The number of hydrogen-bond donors (Lipinski definition) is 0. The molecule has 0 bridgehead atoms. The number of rotatable bonds is 5. The van der Waals surface area contributed by atoms with Crippen molar-refractivity contribution in [3.05, 3.63) is 24.0 Å². The zero-order chi connectivity index (χ0) is 16.8. The fourth-order valence-corrected chi connectivity index (χ4v) is 4.26. The van der Waals surface area contributed by atoms with Crippen LogP contribution in [-0.4, -0.2) is 68.4 Å². The van der Waals surface area contributed by atoms with Gasteiger partial charge in [-0.3, -0.25) is 9.69 Å². The minimum Gasteiger partial charge on any atom is -0.342 e. The third-order valence-electron chi connectivity index (χ3n) is 4.77. The van der Waals surface area contributed by atoms with Crippen molar-refractivity contribution in [2.24, 2.45) is 0 Å². The molecule has 0 unspecified atom stereocenters. The zero-order valence-corrected chi connectivity index (χ0v) is 15.2. The van der Waals surface area contributed by atoms with Gasteiger partial charge in [-0.2, -0.15) is 11.8 Å². The van der Waals surface area contributed by atoms with Crippen molar-refractivity contribution in [2.45, 2.75) is 38.8 Å². The lowest BCUT2D eigenvalue weighted by atomic mass is 10.0. The minimum absolute atomic E-state index is 0.230. The van der Waals surface area contributed by atoms with Crippen LogP contribution in [0, 0.1) is 0 Å². The van der Waals surface area contributed by atoms with E-state index in [4.69, 9.17) is 0 Å². The van der Waals surface area contributed by atoms with E-state index in [1.165, 1.54) is 11.5 Å². The van der Waals surface area contributed by atoms with E-state index in [2.05, 4.69) is 21.4 Å². The molecule has 132 valence electrons. The highest BCUT2D eigenvalue weighted by molar-refractivity contribution is 7.99. The molecule has 2 fully saturated rings. The molecule has 0 atom stereocenters. The first-order valence-corrected chi connectivity index (χ1v) is 10.0. The molecule has 3 heterocycles. The Bertz CT molecular complexity index is 559. The first kappa shape index (κ1) is 17.5. The molecule has 7 heteroatoms. The molecule has 0 radical (unpaired) electrons. The summed E-state index contributed by atoms with van der Waals surface area (Å²) in [4.78, 5) is 16.5. The molecule has 3 rings (SSSR count). The molecule has 0 aromatic carbocycles. The molecular formula is C17H27N5OS. The highest BCUT2D eigenvalue weighted by Gasteiger charge is 2.24. The summed E-state index contributed by atoms with van der Waals surface area (Å²) in [5, 5.41) is 8.70. The van der Waals surface area contributed by atoms with Gasteiger partial charge in [0, 0.05) is 50.7 Å². The van der Waals surface area contributed by atoms with Crippen LogP contribution in [0.1, 0.15) is 37.9 Å². The second-order valence-electron chi connectivity index (χ2n) is 6.46. The summed E-state index contributed by atoms with van der Waals surface area (Å²) in [6.07, 6.45) is 8.40. The smallest absolute Gasteiger partial charge is 0.226 e. The van der Waals surface area contributed by atoms with E-state index < -0.39 is 0 Å². The highest BCUT2D eigenvalue weighted by Crippen LogP contribution is 2.22. The maximum absolute atomic E-state index is 12.1. The van der Waals surface area contributed by atoms with Crippen LogP contribution in [0.25, 0.3) is 0 Å². The van der Waals surface area contributed by atoms with Gasteiger partial charge in [0.1, 0.15) is 0 Å². The number of hydrogen-bond acceptors (Lipinski definition) is 5. The number of carbonyl (C=O) groups excluding carboxylic acids is 1. The predicted molar refractivity (Wildman–Crippen MR) is 96.9 cm³/mol. The van der Waals surface area contributed by atoms with Gasteiger partial charge in [-0.15, -0.1) is 5.10 Å². The zero-order valence-electron chi connectivity index (χ0n) is 14.4. The van der Waals surface area contributed by atoms with Gasteiger partial charge in [-0.25, -0.2) is 4.68 Å². The van der Waals surface area contributed by atoms with E-state index in [-0.39, 0.29) is 5.91 Å². The van der Waals surface area contributed by atoms with E-state index in [9.17, 15) is 4.79 Å². The van der Waals surface area contributed by atoms with Gasteiger partial charge in [0.15, 0.2) is 0 Å². The molecule has 1 aromatic heterocycles. The van der Waals surface area contributed by atoms with E-state index in [0.29, 0.717) is 12.5 Å². The lowest BCUT2D eigenvalue weighted by Crippen LogP contribution is -2.38. The van der Waals surface area contributed by atoms with Crippen LogP contribution < -0.4 is 0 Å². The number of piperidine rings is 1. The first-order chi connectivity index (χ1) is 11.8. The molecule has 2 aliphatic rings. The summed E-state index contributed by atoms with van der Waals surface area (Å²) >= 11 is 2.03. The standard InChI is InChI=1S/C17H27N5OS/c1-2-3-4-17(23)21-7-5-16(6-8-21)22-14-15(18-19-22)13-20-9-11-24-12-10-20/h2-3,14,16H,4-13H2,1H3/b3-2+. The summed E-state index contributed by atoms with van der Waals surface area (Å²) in [6.45, 7) is 6.78. The van der Waals surface area contributed by atoms with Crippen molar-refractivity contribution in [1.29, 1.82) is 0 Å². The van der Waals surface area contributed by atoms with Gasteiger partial charge in [0.25, 0.3) is 0 Å². The molecular weight excluding hydrogens is 322 g/mol. The van der Waals surface area contributed by atoms with Gasteiger partial charge in [-0.1, -0.05) is 17.4 Å². The van der Waals surface area contributed by atoms with Crippen LogP contribution in [0.3, 0.4) is 0 Å². The average molecular weight is 350 g/mol. The third kappa shape index (κ3) is 4.60. The molecule has 0 saturated carbocycles. The van der Waals surface area contributed by atoms with Crippen LogP contribution in [0.2, 0.25) is 0 Å². The van der Waals surface area contributed by atoms with Crippen molar-refractivity contribution in [1.82, 2.24) is 24.8 Å². The minimum atomic E-state index is 0.230. The largest absolute Gasteiger partial charge is 0.342 e. The van der Waals surface area contributed by atoms with Crippen LogP contribution in [0.15, 0.2) is 18.3 Å². The second-order valence-corrected chi connectivity index (χ2v) is 7.69. The molecule has 0 aliphatic carbocycles. The molecule has 1 aromatic rings. The van der Waals surface area contributed by atoms with E-state index >= 15 is 0 Å². The molecule has 24 heavy (non-hydrogen) atoms. The summed E-state index contributed by atoms with van der Waals surface area (Å²) in [7, 11) is 0. The van der Waals surface area contributed by atoms with E-state index in [1.54, 1.807) is 0 Å². The maximum Gasteiger partial charge on any atom is 0.226 e. The monoisotopic (exact) mass is 349 g/mol. The normalized spacial score (nSPS) is 20.8. The number of aromatic nitrogens is 3. The Balaban J connectivity index is 1.48. The molecule has 6 nitrogen and oxygen atoms in total. The van der Waals surface area contributed by atoms with Crippen molar-refractivity contribution >= 4 is 17.7 Å². The Morgan fingerprint density at radius 2 is 2.04 bits per heavy atom. The number of amides is 1. The third-order valence-corrected chi connectivity index (χ3v) is 5.71. The summed E-state index contributed by atoms with van der Waals surface area (Å²) in [6, 6.07) is 0.369. The Labute approximate surface area is 148 Å². The fraction of sp³-hybridized carbons (Fsp3) is 0.706. The van der Waals surface area contributed by atoms with Crippen LogP contribution in [0.4, 0.5) is 0 Å². The number of allylic oxidation sites excluding steroid dienone is 1.